The fourth-order valence-corrected chi connectivity index (χ4v) is 2.70. The molecule has 3 N–H and O–H groups in total. The van der Waals surface area contributed by atoms with E-state index in [4.69, 9.17) is 4.74 Å². The van der Waals surface area contributed by atoms with Gasteiger partial charge in [0, 0.05) is 44.0 Å². The lowest BCUT2D eigenvalue weighted by molar-refractivity contribution is -0.0497. The van der Waals surface area contributed by atoms with E-state index in [0.717, 1.165) is 18.9 Å². The zero-order valence-corrected chi connectivity index (χ0v) is 15.6. The van der Waals surface area contributed by atoms with Crippen molar-refractivity contribution in [1.29, 1.82) is 0 Å². The fraction of sp³-hybridized carbons (Fsp3) is 0.389. The van der Waals surface area contributed by atoms with Gasteiger partial charge in [0.05, 0.1) is 13.2 Å². The van der Waals surface area contributed by atoms with Crippen molar-refractivity contribution in [2.45, 2.75) is 6.61 Å². The summed E-state index contributed by atoms with van der Waals surface area (Å²) in [5.41, 5.74) is 0.347. The number of nitrogens with one attached hydrogen (secondary N) is 3. The molecule has 1 aromatic carbocycles. The van der Waals surface area contributed by atoms with Gasteiger partial charge in [-0.15, -0.1) is 0 Å². The maximum absolute atomic E-state index is 12.2. The van der Waals surface area contributed by atoms with Crippen LogP contribution < -0.4 is 25.6 Å². The van der Waals surface area contributed by atoms with E-state index in [9.17, 15) is 13.6 Å². The number of ether oxygens (including phenoxy) is 2. The summed E-state index contributed by atoms with van der Waals surface area (Å²) in [5, 5.41) is 8.35. The standard InChI is InChI=1S/C18H22F2N6O3/c19-17(20)29-14-3-1-2-13(10-14)25-18(27)22-5-4-21-15-11-16(24-12-23-15)26-6-8-28-9-7-26/h1-3,10-12,17H,4-9H2,(H,21,23,24)(H2,22,25,27). The SMILES string of the molecule is O=C(NCCNc1cc(N2CCOCC2)ncn1)Nc1cccc(OC(F)F)c1. The zero-order valence-electron chi connectivity index (χ0n) is 15.6. The van der Waals surface area contributed by atoms with E-state index in [2.05, 4.69) is 35.6 Å². The molecule has 0 unspecified atom stereocenters. The molecule has 1 aromatic heterocycles. The quantitative estimate of drug-likeness (QED) is 0.576. The highest BCUT2D eigenvalue weighted by atomic mass is 19.3. The molecule has 2 aromatic rings. The van der Waals surface area contributed by atoms with Crippen LogP contribution in [0.25, 0.3) is 0 Å². The fourth-order valence-electron chi connectivity index (χ4n) is 2.70. The second-order valence-corrected chi connectivity index (χ2v) is 6.07. The number of hydrogen-bond donors (Lipinski definition) is 3. The number of alkyl halides is 2. The highest BCUT2D eigenvalue weighted by molar-refractivity contribution is 5.89. The number of carbonyl (C=O) groups excluding carboxylic acids is 1. The van der Waals surface area contributed by atoms with Gasteiger partial charge in [0.25, 0.3) is 0 Å². The van der Waals surface area contributed by atoms with Crippen LogP contribution in [0.15, 0.2) is 36.7 Å². The smallest absolute Gasteiger partial charge is 0.387 e. The van der Waals surface area contributed by atoms with Gasteiger partial charge in [-0.25, -0.2) is 14.8 Å². The predicted molar refractivity (Wildman–Crippen MR) is 104 cm³/mol. The average molecular weight is 408 g/mol. The van der Waals surface area contributed by atoms with Crippen LogP contribution in [0.2, 0.25) is 0 Å². The molecule has 1 saturated heterocycles. The van der Waals surface area contributed by atoms with Gasteiger partial charge in [0.15, 0.2) is 0 Å². The molecule has 1 fully saturated rings. The summed E-state index contributed by atoms with van der Waals surface area (Å²) in [6, 6.07) is 7.17. The number of halogens is 2. The van der Waals surface area contributed by atoms with E-state index >= 15 is 0 Å². The molecule has 0 radical (unpaired) electrons. The first-order chi connectivity index (χ1) is 14.1. The molecule has 9 nitrogen and oxygen atoms in total. The van der Waals surface area contributed by atoms with Crippen LogP contribution in [-0.4, -0.2) is 62.0 Å². The van der Waals surface area contributed by atoms with E-state index in [-0.39, 0.29) is 5.75 Å². The van der Waals surface area contributed by atoms with Gasteiger partial charge in [-0.3, -0.25) is 0 Å². The number of hydrogen-bond acceptors (Lipinski definition) is 7. The van der Waals surface area contributed by atoms with Crippen molar-refractivity contribution >= 4 is 23.4 Å². The van der Waals surface area contributed by atoms with Crippen LogP contribution in [0.1, 0.15) is 0 Å². The highest BCUT2D eigenvalue weighted by Gasteiger charge is 2.13. The summed E-state index contributed by atoms with van der Waals surface area (Å²) in [6.45, 7) is 0.753. The molecule has 156 valence electrons. The second-order valence-electron chi connectivity index (χ2n) is 6.07. The molecule has 0 bridgehead atoms. The Morgan fingerprint density at radius 2 is 2.03 bits per heavy atom. The first kappa shape index (κ1) is 20.5. The van der Waals surface area contributed by atoms with Crippen LogP contribution in [-0.2, 0) is 4.74 Å². The van der Waals surface area contributed by atoms with Crippen LogP contribution in [0.4, 0.5) is 30.9 Å². The van der Waals surface area contributed by atoms with Crippen molar-refractivity contribution in [3.63, 3.8) is 0 Å². The maximum Gasteiger partial charge on any atom is 0.387 e. The number of benzene rings is 1. The summed E-state index contributed by atoms with van der Waals surface area (Å²) in [7, 11) is 0. The predicted octanol–water partition coefficient (Wildman–Crippen LogP) is 2.15. The Morgan fingerprint density at radius 1 is 1.21 bits per heavy atom. The number of amides is 2. The van der Waals surface area contributed by atoms with Gasteiger partial charge < -0.3 is 30.3 Å². The summed E-state index contributed by atoms with van der Waals surface area (Å²) in [5.74, 6) is 1.45. The van der Waals surface area contributed by atoms with Crippen molar-refractivity contribution < 1.29 is 23.0 Å². The van der Waals surface area contributed by atoms with Crippen molar-refractivity contribution in [1.82, 2.24) is 15.3 Å². The van der Waals surface area contributed by atoms with Crippen molar-refractivity contribution in [2.24, 2.45) is 0 Å². The van der Waals surface area contributed by atoms with Crippen LogP contribution in [0.5, 0.6) is 5.75 Å². The number of urea groups is 1. The lowest BCUT2D eigenvalue weighted by Gasteiger charge is -2.27. The largest absolute Gasteiger partial charge is 0.435 e. The molecule has 2 heterocycles. The van der Waals surface area contributed by atoms with E-state index in [1.807, 2.05) is 6.07 Å². The zero-order chi connectivity index (χ0) is 20.5. The van der Waals surface area contributed by atoms with Crippen LogP contribution >= 0.6 is 0 Å². The van der Waals surface area contributed by atoms with E-state index < -0.39 is 12.6 Å². The minimum absolute atomic E-state index is 0.0284. The third kappa shape index (κ3) is 6.71. The molecule has 2 amide bonds. The molecular formula is C18H22F2N6O3. The molecule has 29 heavy (non-hydrogen) atoms. The number of aromatic nitrogens is 2. The molecule has 1 aliphatic heterocycles. The van der Waals surface area contributed by atoms with Crippen molar-refractivity contribution in [3.8, 4) is 5.75 Å². The highest BCUT2D eigenvalue weighted by Crippen LogP contribution is 2.19. The third-order valence-corrected chi connectivity index (χ3v) is 4.02. The van der Waals surface area contributed by atoms with E-state index in [1.165, 1.54) is 24.5 Å². The number of carbonyl (C=O) groups is 1. The summed E-state index contributed by atoms with van der Waals surface area (Å²) in [6.07, 6.45) is 1.49. The van der Waals surface area contributed by atoms with Gasteiger partial charge >= 0.3 is 12.6 Å². The Morgan fingerprint density at radius 3 is 2.83 bits per heavy atom. The molecular weight excluding hydrogens is 386 g/mol. The molecule has 0 spiro atoms. The average Bonchev–Trinajstić information content (AvgIpc) is 2.72. The van der Waals surface area contributed by atoms with Gasteiger partial charge in [0.1, 0.15) is 23.7 Å². The second kappa shape index (κ2) is 10.4. The van der Waals surface area contributed by atoms with E-state index in [0.29, 0.717) is 37.8 Å². The Kier molecular flexibility index (Phi) is 7.34. The minimum atomic E-state index is -2.92. The summed E-state index contributed by atoms with van der Waals surface area (Å²) in [4.78, 5) is 22.5. The normalized spacial score (nSPS) is 13.8. The lowest BCUT2D eigenvalue weighted by atomic mass is 10.3. The Labute approximate surface area is 166 Å². The first-order valence-electron chi connectivity index (χ1n) is 9.08. The lowest BCUT2D eigenvalue weighted by Crippen LogP contribution is -2.36. The monoisotopic (exact) mass is 408 g/mol. The first-order valence-corrected chi connectivity index (χ1v) is 9.08. The van der Waals surface area contributed by atoms with Gasteiger partial charge in [-0.1, -0.05) is 6.07 Å². The topological polar surface area (TPSA) is 101 Å². The minimum Gasteiger partial charge on any atom is -0.435 e. The van der Waals surface area contributed by atoms with Gasteiger partial charge in [-0.2, -0.15) is 8.78 Å². The molecule has 3 rings (SSSR count). The molecule has 0 saturated carbocycles. The Balaban J connectivity index is 1.40. The molecule has 11 heteroatoms. The maximum atomic E-state index is 12.2. The molecule has 0 aliphatic carbocycles. The summed E-state index contributed by atoms with van der Waals surface area (Å²) >= 11 is 0. The van der Waals surface area contributed by atoms with Crippen LogP contribution in [0.3, 0.4) is 0 Å². The number of anilines is 3. The number of rotatable bonds is 8. The Bertz CT molecular complexity index is 805. The number of nitrogens with zero attached hydrogens (tertiary/aromatic N) is 3. The molecule has 0 atom stereocenters. The molecule has 1 aliphatic rings. The Hall–Kier alpha value is -3.21. The van der Waals surface area contributed by atoms with Gasteiger partial charge in [-0.05, 0) is 12.1 Å². The summed E-state index contributed by atoms with van der Waals surface area (Å²) < 4.78 is 34.1. The van der Waals surface area contributed by atoms with E-state index in [1.54, 1.807) is 6.07 Å². The van der Waals surface area contributed by atoms with Crippen LogP contribution in [0, 0.1) is 0 Å². The number of morpholine rings is 1. The third-order valence-electron chi connectivity index (χ3n) is 4.02. The van der Waals surface area contributed by atoms with Crippen molar-refractivity contribution in [2.75, 3.05) is 54.9 Å². The van der Waals surface area contributed by atoms with Gasteiger partial charge in [0.2, 0.25) is 0 Å². The van der Waals surface area contributed by atoms with Crippen molar-refractivity contribution in [3.05, 3.63) is 36.7 Å².